The van der Waals surface area contributed by atoms with Crippen molar-refractivity contribution in [3.8, 4) is 5.75 Å². The lowest BCUT2D eigenvalue weighted by Gasteiger charge is -2.08. The number of aryl methyl sites for hydroxylation is 1. The number of ether oxygens (including phenoxy) is 1. The molecule has 0 aliphatic rings. The molecule has 0 amide bonds. The van der Waals surface area contributed by atoms with Crippen LogP contribution in [0.5, 0.6) is 5.75 Å². The van der Waals surface area contributed by atoms with Gasteiger partial charge in [0.1, 0.15) is 5.75 Å². The normalized spacial score (nSPS) is 10.3. The topological polar surface area (TPSA) is 26.2 Å². The molecule has 1 aromatic carbocycles. The van der Waals surface area contributed by atoms with Crippen molar-refractivity contribution in [3.05, 3.63) is 46.7 Å². The van der Waals surface area contributed by atoms with Crippen LogP contribution in [0.25, 0.3) is 0 Å². The summed E-state index contributed by atoms with van der Waals surface area (Å²) in [5.74, 6) is 0.843. The van der Waals surface area contributed by atoms with E-state index >= 15 is 0 Å². The molecule has 90 valence electrons. The van der Waals surface area contributed by atoms with Crippen LogP contribution >= 0.6 is 15.9 Å². The van der Waals surface area contributed by atoms with E-state index in [0.29, 0.717) is 0 Å². The zero-order valence-electron chi connectivity index (χ0n) is 9.90. The van der Waals surface area contributed by atoms with E-state index in [4.69, 9.17) is 4.74 Å². The summed E-state index contributed by atoms with van der Waals surface area (Å²) in [4.78, 5) is 0. The molecule has 0 aliphatic heterocycles. The molecule has 0 atom stereocenters. The maximum absolute atomic E-state index is 5.19. The fourth-order valence-corrected chi connectivity index (χ4v) is 2.19. The highest BCUT2D eigenvalue weighted by atomic mass is 79.9. The van der Waals surface area contributed by atoms with E-state index in [1.54, 1.807) is 7.11 Å². The maximum Gasteiger partial charge on any atom is 0.133 e. The van der Waals surface area contributed by atoms with Gasteiger partial charge < -0.3 is 14.6 Å². The van der Waals surface area contributed by atoms with Crippen molar-refractivity contribution in [3.63, 3.8) is 0 Å². The van der Waals surface area contributed by atoms with Crippen LogP contribution in [0.1, 0.15) is 5.56 Å². The van der Waals surface area contributed by atoms with Crippen molar-refractivity contribution in [1.29, 1.82) is 0 Å². The summed E-state index contributed by atoms with van der Waals surface area (Å²) < 4.78 is 8.19. The summed E-state index contributed by atoms with van der Waals surface area (Å²) in [7, 11) is 3.69. The van der Waals surface area contributed by atoms with Gasteiger partial charge in [0, 0.05) is 31.7 Å². The van der Waals surface area contributed by atoms with Gasteiger partial charge in [-0.3, -0.25) is 0 Å². The first-order valence-corrected chi connectivity index (χ1v) is 6.16. The van der Waals surface area contributed by atoms with E-state index in [9.17, 15) is 0 Å². The molecule has 0 saturated heterocycles. The second-order valence-electron chi connectivity index (χ2n) is 3.89. The lowest BCUT2D eigenvalue weighted by atomic mass is 10.3. The van der Waals surface area contributed by atoms with Crippen LogP contribution in [0, 0.1) is 0 Å². The Morgan fingerprint density at radius 1 is 1.35 bits per heavy atom. The number of halogens is 1. The van der Waals surface area contributed by atoms with Crippen molar-refractivity contribution in [2.24, 2.45) is 7.05 Å². The number of rotatable bonds is 4. The summed E-state index contributed by atoms with van der Waals surface area (Å²) in [6.45, 7) is 0.819. The van der Waals surface area contributed by atoms with Crippen LogP contribution in [0.15, 0.2) is 41.1 Å². The maximum atomic E-state index is 5.19. The van der Waals surface area contributed by atoms with Crippen LogP contribution in [0.3, 0.4) is 0 Å². The van der Waals surface area contributed by atoms with Crippen LogP contribution < -0.4 is 10.1 Å². The van der Waals surface area contributed by atoms with Crippen LogP contribution in [-0.4, -0.2) is 11.7 Å². The molecule has 1 aromatic heterocycles. The molecule has 0 fully saturated rings. The van der Waals surface area contributed by atoms with E-state index in [1.807, 2.05) is 36.0 Å². The van der Waals surface area contributed by atoms with Gasteiger partial charge in [-0.1, -0.05) is 0 Å². The van der Waals surface area contributed by atoms with E-state index in [2.05, 4.69) is 33.5 Å². The number of hydrogen-bond acceptors (Lipinski definition) is 2. The summed E-state index contributed by atoms with van der Waals surface area (Å²) in [6.07, 6.45) is 4.15. The minimum atomic E-state index is 0.819. The Bertz CT molecular complexity index is 508. The SMILES string of the molecule is COc1ccc(NCc2ccn(C)c2)cc1Br. The van der Waals surface area contributed by atoms with Gasteiger partial charge in [-0.2, -0.15) is 0 Å². The Morgan fingerprint density at radius 2 is 2.18 bits per heavy atom. The van der Waals surface area contributed by atoms with Gasteiger partial charge in [0.15, 0.2) is 0 Å². The lowest BCUT2D eigenvalue weighted by molar-refractivity contribution is 0.412. The highest BCUT2D eigenvalue weighted by Crippen LogP contribution is 2.27. The zero-order valence-corrected chi connectivity index (χ0v) is 11.5. The fraction of sp³-hybridized carbons (Fsp3) is 0.231. The minimum absolute atomic E-state index is 0.819. The molecule has 4 heteroatoms. The number of anilines is 1. The Hall–Kier alpha value is -1.42. The molecule has 17 heavy (non-hydrogen) atoms. The molecule has 0 aliphatic carbocycles. The first kappa shape index (κ1) is 12.0. The monoisotopic (exact) mass is 294 g/mol. The highest BCUT2D eigenvalue weighted by Gasteiger charge is 2.01. The van der Waals surface area contributed by atoms with Crippen LogP contribution in [0.4, 0.5) is 5.69 Å². The first-order chi connectivity index (χ1) is 8.19. The Balaban J connectivity index is 2.02. The van der Waals surface area contributed by atoms with Crippen molar-refractivity contribution in [2.75, 3.05) is 12.4 Å². The zero-order chi connectivity index (χ0) is 12.3. The van der Waals surface area contributed by atoms with Gasteiger partial charge in [-0.25, -0.2) is 0 Å². The van der Waals surface area contributed by atoms with Crippen molar-refractivity contribution >= 4 is 21.6 Å². The van der Waals surface area contributed by atoms with Gasteiger partial charge >= 0.3 is 0 Å². The molecule has 2 aromatic rings. The molecule has 0 unspecified atom stereocenters. The summed E-state index contributed by atoms with van der Waals surface area (Å²) in [5, 5.41) is 3.37. The number of aromatic nitrogens is 1. The third-order valence-electron chi connectivity index (χ3n) is 2.54. The molecule has 3 nitrogen and oxygen atoms in total. The molecule has 0 saturated carbocycles. The number of benzene rings is 1. The number of nitrogens with zero attached hydrogens (tertiary/aromatic N) is 1. The van der Waals surface area contributed by atoms with Crippen molar-refractivity contribution < 1.29 is 4.74 Å². The van der Waals surface area contributed by atoms with Gasteiger partial charge in [0.25, 0.3) is 0 Å². The van der Waals surface area contributed by atoms with Gasteiger partial charge in [0.2, 0.25) is 0 Å². The predicted octanol–water partition coefficient (Wildman–Crippen LogP) is 3.41. The Morgan fingerprint density at radius 3 is 2.76 bits per heavy atom. The number of methoxy groups -OCH3 is 1. The lowest BCUT2D eigenvalue weighted by Crippen LogP contribution is -1.98. The third-order valence-corrected chi connectivity index (χ3v) is 3.16. The summed E-state index contributed by atoms with van der Waals surface area (Å²) in [5.41, 5.74) is 2.33. The van der Waals surface area contributed by atoms with Crippen molar-refractivity contribution in [2.45, 2.75) is 6.54 Å². The molecular weight excluding hydrogens is 280 g/mol. The minimum Gasteiger partial charge on any atom is -0.496 e. The molecule has 0 radical (unpaired) electrons. The first-order valence-electron chi connectivity index (χ1n) is 5.37. The van der Waals surface area contributed by atoms with Crippen LogP contribution in [-0.2, 0) is 13.6 Å². The predicted molar refractivity (Wildman–Crippen MR) is 73.4 cm³/mol. The number of nitrogens with one attached hydrogen (secondary N) is 1. The van der Waals surface area contributed by atoms with E-state index in [0.717, 1.165) is 22.5 Å². The summed E-state index contributed by atoms with van der Waals surface area (Å²) >= 11 is 3.47. The smallest absolute Gasteiger partial charge is 0.133 e. The third kappa shape index (κ3) is 3.03. The quantitative estimate of drug-likeness (QED) is 0.935. The average Bonchev–Trinajstić information content (AvgIpc) is 2.73. The molecule has 1 N–H and O–H groups in total. The van der Waals surface area contributed by atoms with E-state index < -0.39 is 0 Å². The fourth-order valence-electron chi connectivity index (χ4n) is 1.65. The highest BCUT2D eigenvalue weighted by molar-refractivity contribution is 9.10. The standard InChI is InChI=1S/C13H15BrN2O/c1-16-6-5-10(9-16)8-15-11-3-4-13(17-2)12(14)7-11/h3-7,9,15H,8H2,1-2H3. The molecule has 1 heterocycles. The average molecular weight is 295 g/mol. The number of hydrogen-bond donors (Lipinski definition) is 1. The molecular formula is C13H15BrN2O. The Labute approximate surface area is 110 Å². The van der Waals surface area contributed by atoms with E-state index in [1.165, 1.54) is 5.56 Å². The second-order valence-corrected chi connectivity index (χ2v) is 4.74. The van der Waals surface area contributed by atoms with Gasteiger partial charge in [-0.05, 0) is 45.8 Å². The second kappa shape index (κ2) is 5.27. The van der Waals surface area contributed by atoms with Gasteiger partial charge in [-0.15, -0.1) is 0 Å². The van der Waals surface area contributed by atoms with Crippen molar-refractivity contribution in [1.82, 2.24) is 4.57 Å². The van der Waals surface area contributed by atoms with Gasteiger partial charge in [0.05, 0.1) is 11.6 Å². The largest absolute Gasteiger partial charge is 0.496 e. The molecule has 0 spiro atoms. The Kier molecular flexibility index (Phi) is 3.74. The van der Waals surface area contributed by atoms with Crippen LogP contribution in [0.2, 0.25) is 0 Å². The molecule has 2 rings (SSSR count). The summed E-state index contributed by atoms with van der Waals surface area (Å²) in [6, 6.07) is 8.07. The molecule has 0 bridgehead atoms. The van der Waals surface area contributed by atoms with E-state index in [-0.39, 0.29) is 0 Å².